The molecule has 0 bridgehead atoms. The number of likely N-dealkylation sites (N-methyl/N-ethyl adjacent to an activating group) is 2. The van der Waals surface area contributed by atoms with Crippen molar-refractivity contribution in [2.75, 3.05) is 27.2 Å². The van der Waals surface area contributed by atoms with Crippen molar-refractivity contribution in [2.24, 2.45) is 0 Å². The molecule has 0 spiro atoms. The first-order valence-corrected chi connectivity index (χ1v) is 9.11. The van der Waals surface area contributed by atoms with Crippen molar-refractivity contribution in [2.45, 2.75) is 54.6 Å². The fourth-order valence-electron chi connectivity index (χ4n) is 1.73. The highest BCUT2D eigenvalue weighted by atomic mass is 16.6. The summed E-state index contributed by atoms with van der Waals surface area (Å²) in [6.45, 7) is 13.0. The third-order valence-corrected chi connectivity index (χ3v) is 3.29. The summed E-state index contributed by atoms with van der Waals surface area (Å²) >= 11 is 0. The van der Waals surface area contributed by atoms with E-state index in [1.54, 1.807) is 19.0 Å². The van der Waals surface area contributed by atoms with Gasteiger partial charge in [0.15, 0.2) is 0 Å². The SMILES string of the molecule is CC.CC.CCC(=O)N(C)CCN(C)C(=O)OCc1ccc(C)cc1. The van der Waals surface area contributed by atoms with Gasteiger partial charge < -0.3 is 14.5 Å². The first-order chi connectivity index (χ1) is 11.9. The van der Waals surface area contributed by atoms with Crippen LogP contribution in [-0.2, 0) is 16.1 Å². The normalized spacial score (nSPS) is 8.96. The molecular formula is C20H36N2O3. The van der Waals surface area contributed by atoms with Crippen molar-refractivity contribution in [3.8, 4) is 0 Å². The molecule has 0 heterocycles. The lowest BCUT2D eigenvalue weighted by Gasteiger charge is -2.21. The van der Waals surface area contributed by atoms with E-state index in [1.165, 1.54) is 10.5 Å². The molecule has 0 aromatic heterocycles. The fraction of sp³-hybridized carbons (Fsp3) is 0.600. The lowest BCUT2D eigenvalue weighted by atomic mass is 10.2. The largest absolute Gasteiger partial charge is 0.445 e. The number of hydrogen-bond acceptors (Lipinski definition) is 3. The van der Waals surface area contributed by atoms with Gasteiger partial charge in [0.05, 0.1) is 0 Å². The molecule has 1 rings (SSSR count). The minimum absolute atomic E-state index is 0.0661. The number of benzene rings is 1. The first-order valence-electron chi connectivity index (χ1n) is 9.11. The Morgan fingerprint density at radius 3 is 1.88 bits per heavy atom. The predicted octanol–water partition coefficient (Wildman–Crippen LogP) is 4.48. The minimum atomic E-state index is -0.382. The van der Waals surface area contributed by atoms with Crippen LogP contribution in [0.5, 0.6) is 0 Å². The van der Waals surface area contributed by atoms with E-state index in [1.807, 2.05) is 65.8 Å². The number of amides is 2. The van der Waals surface area contributed by atoms with E-state index in [2.05, 4.69) is 0 Å². The van der Waals surface area contributed by atoms with Crippen LogP contribution in [0.1, 0.15) is 52.2 Å². The molecular weight excluding hydrogens is 316 g/mol. The molecule has 0 fully saturated rings. The van der Waals surface area contributed by atoms with E-state index in [-0.39, 0.29) is 18.6 Å². The topological polar surface area (TPSA) is 49.9 Å². The zero-order valence-electron chi connectivity index (χ0n) is 17.3. The summed E-state index contributed by atoms with van der Waals surface area (Å²) in [6, 6.07) is 7.85. The maximum absolute atomic E-state index is 11.8. The van der Waals surface area contributed by atoms with Crippen LogP contribution in [-0.4, -0.2) is 49.0 Å². The van der Waals surface area contributed by atoms with Crippen LogP contribution in [0.3, 0.4) is 0 Å². The van der Waals surface area contributed by atoms with Gasteiger partial charge >= 0.3 is 6.09 Å². The second-order valence-corrected chi connectivity index (χ2v) is 5.13. The number of hydrogen-bond donors (Lipinski definition) is 0. The molecule has 0 unspecified atom stereocenters. The van der Waals surface area contributed by atoms with E-state index >= 15 is 0 Å². The summed E-state index contributed by atoms with van der Waals surface area (Å²) in [5, 5.41) is 0. The van der Waals surface area contributed by atoms with Crippen LogP contribution >= 0.6 is 0 Å². The molecule has 0 aliphatic rings. The maximum atomic E-state index is 11.8. The number of carbonyl (C=O) groups excluding carboxylic acids is 2. The molecule has 0 atom stereocenters. The predicted molar refractivity (Wildman–Crippen MR) is 105 cm³/mol. The summed E-state index contributed by atoms with van der Waals surface area (Å²) < 4.78 is 5.23. The van der Waals surface area contributed by atoms with Gasteiger partial charge in [0.25, 0.3) is 0 Å². The van der Waals surface area contributed by atoms with Crippen molar-refractivity contribution in [1.82, 2.24) is 9.80 Å². The summed E-state index contributed by atoms with van der Waals surface area (Å²) in [7, 11) is 3.40. The Morgan fingerprint density at radius 1 is 0.920 bits per heavy atom. The third-order valence-electron chi connectivity index (χ3n) is 3.29. The average molecular weight is 353 g/mol. The van der Waals surface area contributed by atoms with Crippen molar-refractivity contribution in [1.29, 1.82) is 0 Å². The van der Waals surface area contributed by atoms with Crippen LogP contribution < -0.4 is 0 Å². The molecule has 1 aromatic rings. The van der Waals surface area contributed by atoms with Gasteiger partial charge in [-0.15, -0.1) is 0 Å². The summed E-state index contributed by atoms with van der Waals surface area (Å²) in [4.78, 5) is 26.4. The number of ether oxygens (including phenoxy) is 1. The van der Waals surface area contributed by atoms with E-state index in [0.29, 0.717) is 19.5 Å². The van der Waals surface area contributed by atoms with Gasteiger partial charge in [0.2, 0.25) is 5.91 Å². The molecule has 0 radical (unpaired) electrons. The average Bonchev–Trinajstić information content (AvgIpc) is 2.67. The summed E-state index contributed by atoms with van der Waals surface area (Å²) in [5.74, 6) is 0.0661. The third kappa shape index (κ3) is 11.2. The number of carbonyl (C=O) groups is 2. The zero-order valence-corrected chi connectivity index (χ0v) is 17.3. The van der Waals surface area contributed by atoms with E-state index in [0.717, 1.165) is 5.56 Å². The Labute approximate surface area is 154 Å². The van der Waals surface area contributed by atoms with Gasteiger partial charge in [-0.3, -0.25) is 4.79 Å². The van der Waals surface area contributed by atoms with Gasteiger partial charge in [-0.05, 0) is 12.5 Å². The quantitative estimate of drug-likeness (QED) is 0.758. The molecule has 1 aromatic carbocycles. The number of aryl methyl sites for hydroxylation is 1. The second kappa shape index (κ2) is 15.5. The molecule has 144 valence electrons. The van der Waals surface area contributed by atoms with Crippen LogP contribution in [0.15, 0.2) is 24.3 Å². The molecule has 0 aliphatic heterocycles. The fourth-order valence-corrected chi connectivity index (χ4v) is 1.73. The highest BCUT2D eigenvalue weighted by Crippen LogP contribution is 2.05. The van der Waals surface area contributed by atoms with Crippen molar-refractivity contribution >= 4 is 12.0 Å². The van der Waals surface area contributed by atoms with E-state index < -0.39 is 0 Å². The first kappa shape index (κ1) is 25.2. The van der Waals surface area contributed by atoms with Gasteiger partial charge in [0.1, 0.15) is 6.61 Å². The molecule has 0 N–H and O–H groups in total. The van der Waals surface area contributed by atoms with Crippen LogP contribution in [0.4, 0.5) is 4.79 Å². The van der Waals surface area contributed by atoms with Gasteiger partial charge in [0, 0.05) is 33.6 Å². The monoisotopic (exact) mass is 352 g/mol. The Morgan fingerprint density at radius 2 is 1.40 bits per heavy atom. The Hall–Kier alpha value is -2.04. The van der Waals surface area contributed by atoms with E-state index in [4.69, 9.17) is 4.74 Å². The zero-order chi connectivity index (χ0) is 19.8. The molecule has 0 saturated carbocycles. The smallest absolute Gasteiger partial charge is 0.409 e. The van der Waals surface area contributed by atoms with Gasteiger partial charge in [-0.1, -0.05) is 64.4 Å². The Kier molecular flexibility index (Phi) is 15.6. The standard InChI is InChI=1S/C16H24N2O3.2C2H6/c1-5-15(19)17(3)10-11-18(4)16(20)21-12-14-8-6-13(2)7-9-14;2*1-2/h6-9H,5,10-12H2,1-4H3;2*1-2H3. The molecule has 5 nitrogen and oxygen atoms in total. The van der Waals surface area contributed by atoms with E-state index in [9.17, 15) is 9.59 Å². The van der Waals surface area contributed by atoms with Gasteiger partial charge in [-0.2, -0.15) is 0 Å². The Balaban J connectivity index is 0. The van der Waals surface area contributed by atoms with Crippen molar-refractivity contribution in [3.05, 3.63) is 35.4 Å². The Bertz CT molecular complexity index is 472. The highest BCUT2D eigenvalue weighted by Gasteiger charge is 2.12. The molecule has 0 aliphatic carbocycles. The molecule has 5 heteroatoms. The summed E-state index contributed by atoms with van der Waals surface area (Å²) in [6.07, 6.45) is 0.0888. The second-order valence-electron chi connectivity index (χ2n) is 5.13. The summed E-state index contributed by atoms with van der Waals surface area (Å²) in [5.41, 5.74) is 2.13. The molecule has 2 amide bonds. The lowest BCUT2D eigenvalue weighted by Crippen LogP contribution is -2.37. The van der Waals surface area contributed by atoms with Crippen molar-refractivity contribution in [3.63, 3.8) is 0 Å². The van der Waals surface area contributed by atoms with Gasteiger partial charge in [-0.25, -0.2) is 4.79 Å². The lowest BCUT2D eigenvalue weighted by molar-refractivity contribution is -0.129. The van der Waals surface area contributed by atoms with Crippen LogP contribution in [0.25, 0.3) is 0 Å². The highest BCUT2D eigenvalue weighted by molar-refractivity contribution is 5.75. The molecule has 25 heavy (non-hydrogen) atoms. The van der Waals surface area contributed by atoms with Crippen LogP contribution in [0.2, 0.25) is 0 Å². The van der Waals surface area contributed by atoms with Crippen LogP contribution in [0, 0.1) is 6.92 Å². The number of rotatable bonds is 6. The minimum Gasteiger partial charge on any atom is -0.445 e. The maximum Gasteiger partial charge on any atom is 0.409 e. The number of nitrogens with zero attached hydrogens (tertiary/aromatic N) is 2. The molecule has 0 saturated heterocycles. The van der Waals surface area contributed by atoms with Crippen molar-refractivity contribution < 1.29 is 14.3 Å².